The Morgan fingerprint density at radius 3 is 2.31 bits per heavy atom. The molecule has 0 saturated heterocycles. The molecule has 1 saturated carbocycles. The Balaban J connectivity index is 1.26. The maximum Gasteiger partial charge on any atom is 0.407 e. The molecule has 0 unspecified atom stereocenters. The fourth-order valence-corrected chi connectivity index (χ4v) is 5.99. The molecular weight excluding hydrogens is 622 g/mol. The standard InChI is InChI=1S/C36H45N9O4/c1-36(2,3)49-35(48)39-20-23-9-11-25(12-10-23)31(46)19-28(33(47)40-30-15-13-26(14-16-30)32-41-43-44-42-32)18-24-7-6-8-27(17-24)29-21-37-34(38-22-29)45(4)5/h6-8,13-17,21-23,25,28H,9-12,18-20H2,1-5H3,(H,39,48)(H,40,47)(H,41,42,43,44)/t23?,25?,28-/m1/s1. The van der Waals surface area contributed by atoms with Crippen LogP contribution in [-0.2, 0) is 20.7 Å². The van der Waals surface area contributed by atoms with E-state index in [9.17, 15) is 14.4 Å². The van der Waals surface area contributed by atoms with Crippen molar-refractivity contribution in [3.63, 3.8) is 0 Å². The molecule has 2 aromatic carbocycles. The van der Waals surface area contributed by atoms with Gasteiger partial charge in [-0.3, -0.25) is 9.59 Å². The van der Waals surface area contributed by atoms with Crippen molar-refractivity contribution in [3.8, 4) is 22.5 Å². The lowest BCUT2D eigenvalue weighted by molar-refractivity contribution is -0.129. The Morgan fingerprint density at radius 2 is 1.67 bits per heavy atom. The number of carbonyl (C=O) groups is 3. The molecule has 2 amide bonds. The van der Waals surface area contributed by atoms with Crippen molar-refractivity contribution in [2.24, 2.45) is 17.8 Å². The van der Waals surface area contributed by atoms with Crippen LogP contribution in [0.15, 0.2) is 60.9 Å². The predicted octanol–water partition coefficient (Wildman–Crippen LogP) is 5.48. The average Bonchev–Trinajstić information content (AvgIpc) is 3.62. The molecule has 0 aliphatic heterocycles. The highest BCUT2D eigenvalue weighted by Gasteiger charge is 2.31. The van der Waals surface area contributed by atoms with Crippen molar-refractivity contribution in [1.82, 2.24) is 35.9 Å². The quantitative estimate of drug-likeness (QED) is 0.176. The molecular formula is C36H45N9O4. The van der Waals surface area contributed by atoms with Gasteiger partial charge in [0.1, 0.15) is 11.4 Å². The highest BCUT2D eigenvalue weighted by molar-refractivity contribution is 5.96. The molecule has 1 aliphatic rings. The van der Waals surface area contributed by atoms with Crippen molar-refractivity contribution in [2.45, 2.75) is 64.9 Å². The van der Waals surface area contributed by atoms with Crippen LogP contribution < -0.4 is 15.5 Å². The summed E-state index contributed by atoms with van der Waals surface area (Å²) in [5.74, 6) is 0.520. The largest absolute Gasteiger partial charge is 0.444 e. The third-order valence-corrected chi connectivity index (χ3v) is 8.59. The van der Waals surface area contributed by atoms with Crippen LogP contribution in [0.1, 0.15) is 58.4 Å². The van der Waals surface area contributed by atoms with E-state index in [1.165, 1.54) is 0 Å². The smallest absolute Gasteiger partial charge is 0.407 e. The molecule has 258 valence electrons. The molecule has 2 heterocycles. The van der Waals surface area contributed by atoms with Gasteiger partial charge in [0.25, 0.3) is 0 Å². The van der Waals surface area contributed by atoms with E-state index < -0.39 is 17.6 Å². The zero-order valence-corrected chi connectivity index (χ0v) is 28.8. The molecule has 4 aromatic rings. The van der Waals surface area contributed by atoms with Crippen LogP contribution in [0.25, 0.3) is 22.5 Å². The summed E-state index contributed by atoms with van der Waals surface area (Å²) in [6, 6.07) is 15.1. The number of anilines is 2. The molecule has 5 rings (SSSR count). The fraction of sp³-hybridized carbons (Fsp3) is 0.444. The molecule has 13 heteroatoms. The number of tetrazole rings is 1. The Morgan fingerprint density at radius 1 is 0.959 bits per heavy atom. The van der Waals surface area contributed by atoms with Crippen molar-refractivity contribution in [3.05, 3.63) is 66.5 Å². The number of aromatic nitrogens is 6. The van der Waals surface area contributed by atoms with Crippen LogP contribution in [0, 0.1) is 17.8 Å². The number of carbonyl (C=O) groups excluding carboxylic acids is 3. The fourth-order valence-electron chi connectivity index (χ4n) is 5.99. The van der Waals surface area contributed by atoms with Gasteiger partial charge in [0.05, 0.1) is 0 Å². The lowest BCUT2D eigenvalue weighted by atomic mass is 9.77. The second-order valence-electron chi connectivity index (χ2n) is 13.8. The van der Waals surface area contributed by atoms with Crippen molar-refractivity contribution in [2.75, 3.05) is 30.9 Å². The molecule has 49 heavy (non-hydrogen) atoms. The number of rotatable bonds is 12. The summed E-state index contributed by atoms with van der Waals surface area (Å²) in [7, 11) is 3.78. The van der Waals surface area contributed by atoms with Gasteiger partial charge in [-0.2, -0.15) is 5.21 Å². The van der Waals surface area contributed by atoms with Gasteiger partial charge in [-0.05, 0) is 99.4 Å². The number of hydrogen-bond acceptors (Lipinski definition) is 10. The van der Waals surface area contributed by atoms with Gasteiger partial charge in [0.2, 0.25) is 17.7 Å². The van der Waals surface area contributed by atoms with Gasteiger partial charge in [-0.25, -0.2) is 14.8 Å². The summed E-state index contributed by atoms with van der Waals surface area (Å²) in [5, 5.41) is 19.9. The molecule has 1 atom stereocenters. The Labute approximate surface area is 286 Å². The first-order valence-corrected chi connectivity index (χ1v) is 16.7. The summed E-state index contributed by atoms with van der Waals surface area (Å²) in [6.45, 7) is 6.02. The first kappa shape index (κ1) is 35.1. The second kappa shape index (κ2) is 15.8. The number of nitrogens with one attached hydrogen (secondary N) is 3. The number of nitrogens with zero attached hydrogens (tertiary/aromatic N) is 6. The Hall–Kier alpha value is -5.20. The third kappa shape index (κ3) is 10.1. The van der Waals surface area contributed by atoms with E-state index in [1.54, 1.807) is 24.5 Å². The summed E-state index contributed by atoms with van der Waals surface area (Å²) >= 11 is 0. The van der Waals surface area contributed by atoms with Gasteiger partial charge in [0.15, 0.2) is 0 Å². The average molecular weight is 668 g/mol. The molecule has 2 aromatic heterocycles. The lowest BCUT2D eigenvalue weighted by Crippen LogP contribution is -2.37. The summed E-state index contributed by atoms with van der Waals surface area (Å²) < 4.78 is 5.35. The van der Waals surface area contributed by atoms with Crippen LogP contribution in [0.4, 0.5) is 16.4 Å². The van der Waals surface area contributed by atoms with E-state index in [2.05, 4.69) is 41.2 Å². The first-order valence-electron chi connectivity index (χ1n) is 16.7. The van der Waals surface area contributed by atoms with Crippen LogP contribution >= 0.6 is 0 Å². The normalized spacial score (nSPS) is 16.8. The SMILES string of the molecule is CN(C)c1ncc(-c2cccc(C[C@H](CC(=O)C3CCC(CNC(=O)OC(C)(C)C)CC3)C(=O)Nc3ccc(-c4nn[nH]n4)cc3)c2)cn1. The van der Waals surface area contributed by atoms with E-state index in [1.807, 2.05) is 76.2 Å². The molecule has 13 nitrogen and oxygen atoms in total. The summed E-state index contributed by atoms with van der Waals surface area (Å²) in [5.41, 5.74) is 3.55. The maximum atomic E-state index is 13.8. The number of Topliss-reactive ketones (excluding diaryl/α,β-unsaturated/α-hetero) is 1. The van der Waals surface area contributed by atoms with E-state index in [0.29, 0.717) is 30.4 Å². The third-order valence-electron chi connectivity index (χ3n) is 8.59. The van der Waals surface area contributed by atoms with E-state index in [4.69, 9.17) is 4.74 Å². The first-order chi connectivity index (χ1) is 23.4. The number of aromatic amines is 1. The van der Waals surface area contributed by atoms with E-state index >= 15 is 0 Å². The number of ketones is 1. The molecule has 0 radical (unpaired) electrons. The lowest BCUT2D eigenvalue weighted by Gasteiger charge is -2.29. The highest BCUT2D eigenvalue weighted by Crippen LogP contribution is 2.32. The number of hydrogen-bond donors (Lipinski definition) is 3. The minimum Gasteiger partial charge on any atom is -0.444 e. The maximum absolute atomic E-state index is 13.8. The molecule has 1 aliphatic carbocycles. The van der Waals surface area contributed by atoms with E-state index in [-0.39, 0.29) is 29.9 Å². The second-order valence-corrected chi connectivity index (χ2v) is 13.8. The number of ether oxygens (including phenoxy) is 1. The van der Waals surface area contributed by atoms with Crippen molar-refractivity contribution >= 4 is 29.4 Å². The minimum absolute atomic E-state index is 0.0926. The van der Waals surface area contributed by atoms with Crippen molar-refractivity contribution in [1.29, 1.82) is 0 Å². The molecule has 0 spiro atoms. The summed E-state index contributed by atoms with van der Waals surface area (Å²) in [4.78, 5) is 50.4. The highest BCUT2D eigenvalue weighted by atomic mass is 16.6. The van der Waals surface area contributed by atoms with E-state index in [0.717, 1.165) is 47.9 Å². The Bertz CT molecular complexity index is 1690. The summed E-state index contributed by atoms with van der Waals surface area (Å²) in [6.07, 6.45) is 6.76. The monoisotopic (exact) mass is 667 g/mol. The Kier molecular flexibility index (Phi) is 11.3. The van der Waals surface area contributed by atoms with Gasteiger partial charge in [0, 0.05) is 68.1 Å². The molecule has 3 N–H and O–H groups in total. The van der Waals surface area contributed by atoms with Gasteiger partial charge >= 0.3 is 6.09 Å². The van der Waals surface area contributed by atoms with Crippen LogP contribution in [-0.4, -0.2) is 74.6 Å². The van der Waals surface area contributed by atoms with Crippen molar-refractivity contribution < 1.29 is 19.1 Å². The minimum atomic E-state index is -0.585. The van der Waals surface area contributed by atoms with Crippen LogP contribution in [0.2, 0.25) is 0 Å². The number of H-pyrrole nitrogens is 1. The van der Waals surface area contributed by atoms with Crippen LogP contribution in [0.3, 0.4) is 0 Å². The zero-order valence-electron chi connectivity index (χ0n) is 28.8. The molecule has 0 bridgehead atoms. The molecule has 1 fully saturated rings. The van der Waals surface area contributed by atoms with Gasteiger partial charge in [-0.15, -0.1) is 10.2 Å². The predicted molar refractivity (Wildman–Crippen MR) is 187 cm³/mol. The van der Waals surface area contributed by atoms with Gasteiger partial charge < -0.3 is 20.3 Å². The number of amides is 2. The topological polar surface area (TPSA) is 168 Å². The van der Waals surface area contributed by atoms with Gasteiger partial charge in [-0.1, -0.05) is 24.3 Å². The number of benzene rings is 2. The number of alkyl carbamates (subject to hydrolysis) is 1. The zero-order chi connectivity index (χ0) is 35.0. The van der Waals surface area contributed by atoms with Crippen LogP contribution in [0.5, 0.6) is 0 Å².